The van der Waals surface area contributed by atoms with Crippen molar-refractivity contribution in [3.05, 3.63) is 49.9 Å². The summed E-state index contributed by atoms with van der Waals surface area (Å²) in [6.07, 6.45) is 2.65. The van der Waals surface area contributed by atoms with E-state index < -0.39 is 0 Å². The topological polar surface area (TPSA) is 12.9 Å². The fourth-order valence-corrected chi connectivity index (χ4v) is 2.60. The van der Waals surface area contributed by atoms with Crippen LogP contribution in [0.15, 0.2) is 24.4 Å². The third-order valence-corrected chi connectivity index (χ3v) is 3.53. The first-order chi connectivity index (χ1) is 7.15. The molecule has 0 atom stereocenters. The van der Waals surface area contributed by atoms with Crippen LogP contribution in [-0.4, -0.2) is 4.98 Å². The van der Waals surface area contributed by atoms with Crippen molar-refractivity contribution in [2.75, 3.05) is 0 Å². The number of aromatic nitrogens is 1. The Labute approximate surface area is 103 Å². The van der Waals surface area contributed by atoms with E-state index in [0.717, 1.165) is 17.0 Å². The van der Waals surface area contributed by atoms with Crippen LogP contribution in [0.2, 0.25) is 10.0 Å². The summed E-state index contributed by atoms with van der Waals surface area (Å²) < 4.78 is 0. The monoisotopic (exact) mass is 257 g/mol. The van der Waals surface area contributed by atoms with Gasteiger partial charge in [-0.1, -0.05) is 29.3 Å². The Balaban J connectivity index is 2.24. The smallest absolute Gasteiger partial charge is 0.0971 e. The van der Waals surface area contributed by atoms with Gasteiger partial charge in [0.2, 0.25) is 0 Å². The van der Waals surface area contributed by atoms with E-state index in [1.54, 1.807) is 17.4 Å². The molecule has 0 bridgehead atoms. The first-order valence-electron chi connectivity index (χ1n) is 4.50. The molecule has 0 N–H and O–H groups in total. The zero-order chi connectivity index (χ0) is 10.8. The number of aryl methyl sites for hydroxylation is 1. The van der Waals surface area contributed by atoms with Crippen molar-refractivity contribution >= 4 is 34.5 Å². The van der Waals surface area contributed by atoms with Crippen LogP contribution in [0.5, 0.6) is 0 Å². The lowest BCUT2D eigenvalue weighted by molar-refractivity contribution is 1.14. The van der Waals surface area contributed by atoms with Crippen molar-refractivity contribution in [2.45, 2.75) is 13.3 Å². The van der Waals surface area contributed by atoms with Gasteiger partial charge in [0.1, 0.15) is 0 Å². The third-order valence-electron chi connectivity index (χ3n) is 2.03. The second kappa shape index (κ2) is 4.52. The van der Waals surface area contributed by atoms with Gasteiger partial charge < -0.3 is 0 Å². The maximum atomic E-state index is 6.08. The first kappa shape index (κ1) is 10.9. The fourth-order valence-electron chi connectivity index (χ4n) is 1.31. The second-order valence-electron chi connectivity index (χ2n) is 3.28. The van der Waals surface area contributed by atoms with Crippen molar-refractivity contribution in [1.29, 1.82) is 0 Å². The molecule has 0 aliphatic heterocycles. The molecule has 2 aromatic rings. The number of hydrogen-bond acceptors (Lipinski definition) is 2. The molecule has 1 nitrogen and oxygen atoms in total. The summed E-state index contributed by atoms with van der Waals surface area (Å²) in [6.45, 7) is 2.05. The lowest BCUT2D eigenvalue weighted by Crippen LogP contribution is -1.87. The highest BCUT2D eigenvalue weighted by atomic mass is 35.5. The molecule has 4 heteroatoms. The average molecular weight is 258 g/mol. The number of hydrogen-bond donors (Lipinski definition) is 0. The van der Waals surface area contributed by atoms with Crippen molar-refractivity contribution in [3.63, 3.8) is 0 Å². The van der Waals surface area contributed by atoms with E-state index in [0.29, 0.717) is 10.0 Å². The van der Waals surface area contributed by atoms with Gasteiger partial charge in [-0.15, -0.1) is 11.3 Å². The highest BCUT2D eigenvalue weighted by Gasteiger charge is 2.05. The van der Waals surface area contributed by atoms with Crippen LogP contribution in [-0.2, 0) is 6.42 Å². The van der Waals surface area contributed by atoms with E-state index in [2.05, 4.69) is 4.98 Å². The van der Waals surface area contributed by atoms with Crippen LogP contribution >= 0.6 is 34.5 Å². The van der Waals surface area contributed by atoms with Crippen molar-refractivity contribution in [3.8, 4) is 0 Å². The van der Waals surface area contributed by atoms with E-state index in [1.807, 2.05) is 25.3 Å². The van der Waals surface area contributed by atoms with Crippen molar-refractivity contribution < 1.29 is 0 Å². The fraction of sp³-hybridized carbons (Fsp3) is 0.182. The zero-order valence-electron chi connectivity index (χ0n) is 8.13. The first-order valence-corrected chi connectivity index (χ1v) is 6.07. The normalized spacial score (nSPS) is 10.6. The van der Waals surface area contributed by atoms with Gasteiger partial charge in [-0.2, -0.15) is 0 Å². The quantitative estimate of drug-likeness (QED) is 0.780. The summed E-state index contributed by atoms with van der Waals surface area (Å²) in [5, 5.41) is 2.45. The summed E-state index contributed by atoms with van der Waals surface area (Å²) in [5.41, 5.74) is 1.07. The molecule has 0 saturated heterocycles. The van der Waals surface area contributed by atoms with Crippen LogP contribution in [0.3, 0.4) is 0 Å². The van der Waals surface area contributed by atoms with Crippen molar-refractivity contribution in [2.24, 2.45) is 0 Å². The predicted molar refractivity (Wildman–Crippen MR) is 66.1 cm³/mol. The molecule has 0 aliphatic rings. The van der Waals surface area contributed by atoms with E-state index >= 15 is 0 Å². The highest BCUT2D eigenvalue weighted by molar-refractivity contribution is 7.11. The summed E-state index contributed by atoms with van der Waals surface area (Å²) in [7, 11) is 0. The molecule has 0 amide bonds. The van der Waals surface area contributed by atoms with Gasteiger partial charge in [-0.3, -0.25) is 0 Å². The molecule has 0 saturated carbocycles. The SMILES string of the molecule is Cc1cnc(Cc2ccc(Cl)cc2Cl)s1. The van der Waals surface area contributed by atoms with E-state index in [4.69, 9.17) is 23.2 Å². The van der Waals surface area contributed by atoms with Gasteiger partial charge in [-0.05, 0) is 24.6 Å². The number of nitrogens with zero attached hydrogens (tertiary/aromatic N) is 1. The number of benzene rings is 1. The van der Waals surface area contributed by atoms with Crippen LogP contribution in [0.25, 0.3) is 0 Å². The highest BCUT2D eigenvalue weighted by Crippen LogP contribution is 2.24. The second-order valence-corrected chi connectivity index (χ2v) is 5.44. The third kappa shape index (κ3) is 2.71. The number of rotatable bonds is 2. The van der Waals surface area contributed by atoms with Crippen LogP contribution in [0.1, 0.15) is 15.4 Å². The predicted octanol–water partition coefficient (Wildman–Crippen LogP) is 4.35. The van der Waals surface area contributed by atoms with Gasteiger partial charge >= 0.3 is 0 Å². The molecule has 0 spiro atoms. The summed E-state index contributed by atoms with van der Waals surface area (Å²) >= 11 is 13.6. The van der Waals surface area contributed by atoms with Crippen LogP contribution < -0.4 is 0 Å². The zero-order valence-corrected chi connectivity index (χ0v) is 10.5. The van der Waals surface area contributed by atoms with Gasteiger partial charge in [0.05, 0.1) is 5.01 Å². The minimum Gasteiger partial charge on any atom is -0.249 e. The van der Waals surface area contributed by atoms with Gasteiger partial charge in [0.15, 0.2) is 0 Å². The largest absolute Gasteiger partial charge is 0.249 e. The Hall–Kier alpha value is -0.570. The molecule has 15 heavy (non-hydrogen) atoms. The van der Waals surface area contributed by atoms with E-state index in [9.17, 15) is 0 Å². The standard InChI is InChI=1S/C11H9Cl2NS/c1-7-6-14-11(15-7)4-8-2-3-9(12)5-10(8)13/h2-3,5-6H,4H2,1H3. The molecule has 0 radical (unpaired) electrons. The molecular weight excluding hydrogens is 249 g/mol. The molecule has 1 heterocycles. The maximum Gasteiger partial charge on any atom is 0.0971 e. The van der Waals surface area contributed by atoms with Gasteiger partial charge in [0, 0.05) is 27.5 Å². The summed E-state index contributed by atoms with van der Waals surface area (Å²) in [4.78, 5) is 5.52. The Bertz CT molecular complexity index is 479. The summed E-state index contributed by atoms with van der Waals surface area (Å²) in [6, 6.07) is 5.56. The number of thiazole rings is 1. The van der Waals surface area contributed by atoms with Crippen LogP contribution in [0.4, 0.5) is 0 Å². The Morgan fingerprint density at radius 3 is 2.73 bits per heavy atom. The molecular formula is C11H9Cl2NS. The molecule has 0 aliphatic carbocycles. The number of halogens is 2. The summed E-state index contributed by atoms with van der Waals surface area (Å²) in [5.74, 6) is 0. The lowest BCUT2D eigenvalue weighted by Gasteiger charge is -2.01. The molecule has 0 fully saturated rings. The molecule has 1 aromatic heterocycles. The molecule has 78 valence electrons. The van der Waals surface area contributed by atoms with E-state index in [-0.39, 0.29) is 0 Å². The van der Waals surface area contributed by atoms with Gasteiger partial charge in [0.25, 0.3) is 0 Å². The Morgan fingerprint density at radius 1 is 1.33 bits per heavy atom. The average Bonchev–Trinajstić information content (AvgIpc) is 2.56. The molecule has 0 unspecified atom stereocenters. The minimum atomic E-state index is 0.666. The maximum absolute atomic E-state index is 6.08. The minimum absolute atomic E-state index is 0.666. The van der Waals surface area contributed by atoms with Crippen molar-refractivity contribution in [1.82, 2.24) is 4.98 Å². The molecule has 1 aromatic carbocycles. The van der Waals surface area contributed by atoms with Gasteiger partial charge in [-0.25, -0.2) is 4.98 Å². The Morgan fingerprint density at radius 2 is 2.13 bits per heavy atom. The lowest BCUT2D eigenvalue weighted by atomic mass is 10.1. The van der Waals surface area contributed by atoms with E-state index in [1.165, 1.54) is 4.88 Å². The van der Waals surface area contributed by atoms with Crippen LogP contribution in [0, 0.1) is 6.92 Å². The molecule has 2 rings (SSSR count). The Kier molecular flexibility index (Phi) is 3.29.